The lowest BCUT2D eigenvalue weighted by Gasteiger charge is -2.14. The summed E-state index contributed by atoms with van der Waals surface area (Å²) in [5, 5.41) is 7.39. The summed E-state index contributed by atoms with van der Waals surface area (Å²) < 4.78 is 25.2. The highest BCUT2D eigenvalue weighted by molar-refractivity contribution is 7.89. The van der Waals surface area contributed by atoms with E-state index in [0.717, 1.165) is 18.7 Å². The van der Waals surface area contributed by atoms with Crippen LogP contribution in [0.2, 0.25) is 0 Å². The van der Waals surface area contributed by atoms with Crippen LogP contribution in [0.5, 0.6) is 0 Å². The molecule has 2 aromatic rings. The van der Waals surface area contributed by atoms with Gasteiger partial charge in [-0.1, -0.05) is 0 Å². The smallest absolute Gasteiger partial charge is 0.242 e. The van der Waals surface area contributed by atoms with E-state index in [4.69, 9.17) is 5.73 Å². The molecule has 1 aromatic carbocycles. The third-order valence-corrected chi connectivity index (χ3v) is 5.65. The first-order valence-corrected chi connectivity index (χ1v) is 8.86. The van der Waals surface area contributed by atoms with Gasteiger partial charge in [0.25, 0.3) is 0 Å². The molecule has 0 amide bonds. The number of thiophene rings is 1. The van der Waals surface area contributed by atoms with Crippen LogP contribution in [0.3, 0.4) is 0 Å². The van der Waals surface area contributed by atoms with Crippen LogP contribution >= 0.6 is 11.3 Å². The van der Waals surface area contributed by atoms with Crippen LogP contribution in [0, 0.1) is 0 Å². The van der Waals surface area contributed by atoms with Crippen LogP contribution in [0.15, 0.2) is 39.9 Å². The minimum absolute atomic E-state index is 0.202. The molecule has 0 aliphatic heterocycles. The summed E-state index contributed by atoms with van der Waals surface area (Å²) >= 11 is 1.67. The maximum atomic E-state index is 12.0. The van der Waals surface area contributed by atoms with Gasteiger partial charge in [0, 0.05) is 20.6 Å². The summed E-state index contributed by atoms with van der Waals surface area (Å²) in [6.07, 6.45) is 0.903. The summed E-state index contributed by atoms with van der Waals surface area (Å²) in [5.41, 5.74) is 8.40. The quantitative estimate of drug-likeness (QED) is 0.799. The van der Waals surface area contributed by atoms with Crippen molar-refractivity contribution in [1.82, 2.24) is 4.31 Å². The SMILES string of the molecule is CN(C)S(=O)(=O)c1ccc(NCCc2ccsc2)c(N)c1. The average molecular weight is 325 g/mol. The molecule has 0 saturated carbocycles. The molecule has 0 aliphatic rings. The summed E-state index contributed by atoms with van der Waals surface area (Å²) in [6, 6.07) is 6.85. The fourth-order valence-corrected chi connectivity index (χ4v) is 3.49. The molecular weight excluding hydrogens is 306 g/mol. The number of rotatable bonds is 6. The number of nitrogens with zero attached hydrogens (tertiary/aromatic N) is 1. The highest BCUT2D eigenvalue weighted by Gasteiger charge is 2.17. The van der Waals surface area contributed by atoms with E-state index < -0.39 is 10.0 Å². The second kappa shape index (κ2) is 6.46. The normalized spacial score (nSPS) is 11.8. The van der Waals surface area contributed by atoms with Crippen molar-refractivity contribution in [3.05, 3.63) is 40.6 Å². The van der Waals surface area contributed by atoms with Gasteiger partial charge in [-0.05, 0) is 47.0 Å². The van der Waals surface area contributed by atoms with E-state index in [2.05, 4.69) is 16.8 Å². The molecule has 1 aromatic heterocycles. The fourth-order valence-electron chi connectivity index (χ4n) is 1.85. The zero-order valence-electron chi connectivity index (χ0n) is 12.0. The number of hydrogen-bond acceptors (Lipinski definition) is 5. The zero-order chi connectivity index (χ0) is 15.5. The molecule has 3 N–H and O–H groups in total. The molecule has 0 bridgehead atoms. The van der Waals surface area contributed by atoms with Crippen molar-refractivity contribution in [3.63, 3.8) is 0 Å². The summed E-state index contributed by atoms with van der Waals surface area (Å²) in [4.78, 5) is 0.202. The van der Waals surface area contributed by atoms with Gasteiger partial charge in [-0.2, -0.15) is 11.3 Å². The highest BCUT2D eigenvalue weighted by Crippen LogP contribution is 2.24. The number of anilines is 2. The standard InChI is InChI=1S/C14H19N3O2S2/c1-17(2)21(18,19)12-3-4-14(13(15)9-12)16-7-5-11-6-8-20-10-11/h3-4,6,8-10,16H,5,7,15H2,1-2H3. The Balaban J connectivity index is 2.06. The summed E-state index contributed by atoms with van der Waals surface area (Å²) in [6.45, 7) is 0.751. The monoisotopic (exact) mass is 325 g/mol. The van der Waals surface area contributed by atoms with Gasteiger partial charge in [0.2, 0.25) is 10.0 Å². The number of sulfonamides is 1. The van der Waals surface area contributed by atoms with E-state index in [1.165, 1.54) is 30.0 Å². The number of hydrogen-bond donors (Lipinski definition) is 2. The zero-order valence-corrected chi connectivity index (χ0v) is 13.7. The van der Waals surface area contributed by atoms with Gasteiger partial charge in [0.1, 0.15) is 0 Å². The molecule has 21 heavy (non-hydrogen) atoms. The molecule has 0 aliphatic carbocycles. The second-order valence-electron chi connectivity index (χ2n) is 4.84. The third-order valence-electron chi connectivity index (χ3n) is 3.11. The van der Waals surface area contributed by atoms with Crippen LogP contribution in [0.4, 0.5) is 11.4 Å². The molecule has 1 heterocycles. The highest BCUT2D eigenvalue weighted by atomic mass is 32.2. The van der Waals surface area contributed by atoms with Gasteiger partial charge < -0.3 is 11.1 Å². The number of benzene rings is 1. The molecule has 0 fully saturated rings. The lowest BCUT2D eigenvalue weighted by molar-refractivity contribution is 0.521. The van der Waals surface area contributed by atoms with E-state index in [-0.39, 0.29) is 4.90 Å². The van der Waals surface area contributed by atoms with Crippen LogP contribution < -0.4 is 11.1 Å². The van der Waals surface area contributed by atoms with Gasteiger partial charge in [0.05, 0.1) is 16.3 Å². The maximum absolute atomic E-state index is 12.0. The predicted molar refractivity (Wildman–Crippen MR) is 88.2 cm³/mol. The fraction of sp³-hybridized carbons (Fsp3) is 0.286. The largest absolute Gasteiger partial charge is 0.397 e. The molecular formula is C14H19N3O2S2. The molecule has 114 valence electrons. The van der Waals surface area contributed by atoms with Crippen molar-refractivity contribution in [2.75, 3.05) is 31.7 Å². The Labute approximate surface area is 129 Å². The average Bonchev–Trinajstić information content (AvgIpc) is 2.93. The van der Waals surface area contributed by atoms with E-state index in [9.17, 15) is 8.42 Å². The lowest BCUT2D eigenvalue weighted by Crippen LogP contribution is -2.22. The Bertz CT molecular complexity index is 695. The molecule has 5 nitrogen and oxygen atoms in total. The van der Waals surface area contributed by atoms with Crippen LogP contribution in [-0.2, 0) is 16.4 Å². The molecule has 7 heteroatoms. The molecule has 0 spiro atoms. The van der Waals surface area contributed by atoms with Crippen molar-refractivity contribution in [3.8, 4) is 0 Å². The third kappa shape index (κ3) is 3.75. The van der Waals surface area contributed by atoms with Crippen molar-refractivity contribution in [2.24, 2.45) is 0 Å². The minimum Gasteiger partial charge on any atom is -0.397 e. The Morgan fingerprint density at radius 1 is 1.29 bits per heavy atom. The van der Waals surface area contributed by atoms with Gasteiger partial charge in [0.15, 0.2) is 0 Å². The van der Waals surface area contributed by atoms with E-state index in [1.807, 2.05) is 5.38 Å². The first kappa shape index (κ1) is 15.8. The maximum Gasteiger partial charge on any atom is 0.242 e. The van der Waals surface area contributed by atoms with Crippen LogP contribution in [-0.4, -0.2) is 33.4 Å². The van der Waals surface area contributed by atoms with Crippen LogP contribution in [0.25, 0.3) is 0 Å². The summed E-state index contributed by atoms with van der Waals surface area (Å²) in [5.74, 6) is 0. The lowest BCUT2D eigenvalue weighted by atomic mass is 10.2. The number of nitrogens with two attached hydrogens (primary N) is 1. The van der Waals surface area contributed by atoms with Crippen molar-refractivity contribution in [1.29, 1.82) is 0 Å². The van der Waals surface area contributed by atoms with Gasteiger partial charge in [-0.15, -0.1) is 0 Å². The minimum atomic E-state index is -3.45. The number of nitrogens with one attached hydrogen (secondary N) is 1. The van der Waals surface area contributed by atoms with Crippen molar-refractivity contribution in [2.45, 2.75) is 11.3 Å². The molecule has 0 atom stereocenters. The van der Waals surface area contributed by atoms with Gasteiger partial charge in [-0.3, -0.25) is 0 Å². The van der Waals surface area contributed by atoms with Crippen LogP contribution in [0.1, 0.15) is 5.56 Å². The molecule has 0 unspecified atom stereocenters. The Morgan fingerprint density at radius 2 is 2.05 bits per heavy atom. The first-order chi connectivity index (χ1) is 9.91. The topological polar surface area (TPSA) is 75.4 Å². The molecule has 0 radical (unpaired) electrons. The molecule has 0 saturated heterocycles. The van der Waals surface area contributed by atoms with Gasteiger partial charge >= 0.3 is 0 Å². The van der Waals surface area contributed by atoms with E-state index in [0.29, 0.717) is 5.69 Å². The predicted octanol–water partition coefficient (Wildman–Crippen LogP) is 2.24. The molecule has 2 rings (SSSR count). The first-order valence-electron chi connectivity index (χ1n) is 6.48. The van der Waals surface area contributed by atoms with E-state index >= 15 is 0 Å². The van der Waals surface area contributed by atoms with Crippen molar-refractivity contribution < 1.29 is 8.42 Å². The summed E-state index contributed by atoms with van der Waals surface area (Å²) in [7, 11) is -0.448. The number of nitrogen functional groups attached to an aromatic ring is 1. The Morgan fingerprint density at radius 3 is 2.62 bits per heavy atom. The Kier molecular flexibility index (Phi) is 4.87. The second-order valence-corrected chi connectivity index (χ2v) is 7.78. The van der Waals surface area contributed by atoms with Crippen molar-refractivity contribution >= 4 is 32.7 Å². The Hall–Kier alpha value is -1.57. The van der Waals surface area contributed by atoms with E-state index in [1.54, 1.807) is 23.5 Å². The van der Waals surface area contributed by atoms with Gasteiger partial charge in [-0.25, -0.2) is 12.7 Å².